The van der Waals surface area contributed by atoms with Crippen LogP contribution in [-0.4, -0.2) is 31.6 Å². The van der Waals surface area contributed by atoms with E-state index in [-0.39, 0.29) is 12.1 Å². The van der Waals surface area contributed by atoms with Gasteiger partial charge in [0.2, 0.25) is 0 Å². The maximum Gasteiger partial charge on any atom is 0.162 e. The number of hydrogen-bond acceptors (Lipinski definition) is 4. The second-order valence-electron chi connectivity index (χ2n) is 5.29. The molecule has 0 bridgehead atoms. The summed E-state index contributed by atoms with van der Waals surface area (Å²) in [6.07, 6.45) is 0. The second kappa shape index (κ2) is 4.53. The summed E-state index contributed by atoms with van der Waals surface area (Å²) in [5, 5.41) is 3.54. The van der Waals surface area contributed by atoms with Crippen LogP contribution in [0.4, 0.5) is 0 Å². The molecule has 2 aliphatic heterocycles. The Morgan fingerprint density at radius 3 is 2.61 bits per heavy atom. The van der Waals surface area contributed by atoms with Crippen molar-refractivity contribution in [2.45, 2.75) is 31.7 Å². The number of benzene rings is 1. The van der Waals surface area contributed by atoms with E-state index in [0.717, 1.165) is 5.75 Å². The summed E-state index contributed by atoms with van der Waals surface area (Å²) in [7, 11) is 0. The largest absolute Gasteiger partial charge is 0.491 e. The number of ether oxygens (including phenoxy) is 3. The van der Waals surface area contributed by atoms with E-state index >= 15 is 0 Å². The lowest BCUT2D eigenvalue weighted by Gasteiger charge is -2.36. The van der Waals surface area contributed by atoms with Crippen LogP contribution in [0.25, 0.3) is 0 Å². The van der Waals surface area contributed by atoms with Gasteiger partial charge in [0.05, 0.1) is 25.3 Å². The number of para-hydroxylation sites is 1. The molecular weight excluding hydrogens is 230 g/mol. The van der Waals surface area contributed by atoms with E-state index < -0.39 is 5.79 Å². The van der Waals surface area contributed by atoms with Gasteiger partial charge < -0.3 is 14.2 Å². The predicted octanol–water partition coefficient (Wildman–Crippen LogP) is 1.86. The number of nitrogens with one attached hydrogen (secondary N) is 1. The molecular formula is C14H19NO3. The van der Waals surface area contributed by atoms with Gasteiger partial charge in [-0.15, -0.1) is 0 Å². The molecule has 0 radical (unpaired) electrons. The Labute approximate surface area is 107 Å². The quantitative estimate of drug-likeness (QED) is 0.868. The van der Waals surface area contributed by atoms with Gasteiger partial charge in [-0.3, -0.25) is 5.32 Å². The highest BCUT2D eigenvalue weighted by atomic mass is 16.7. The van der Waals surface area contributed by atoms with Crippen LogP contribution in [0.3, 0.4) is 0 Å². The van der Waals surface area contributed by atoms with Gasteiger partial charge in [0.15, 0.2) is 5.79 Å². The van der Waals surface area contributed by atoms with Gasteiger partial charge in [-0.1, -0.05) is 18.2 Å². The molecule has 2 aliphatic rings. The smallest absolute Gasteiger partial charge is 0.162 e. The van der Waals surface area contributed by atoms with Crippen molar-refractivity contribution in [3.05, 3.63) is 29.8 Å². The number of rotatable bonds is 2. The fourth-order valence-electron chi connectivity index (χ4n) is 2.37. The fourth-order valence-corrected chi connectivity index (χ4v) is 2.37. The first-order valence-electron chi connectivity index (χ1n) is 6.40. The summed E-state index contributed by atoms with van der Waals surface area (Å²) in [5.41, 5.74) is 1.22. The van der Waals surface area contributed by atoms with Crippen LogP contribution in [0.2, 0.25) is 0 Å². The minimum absolute atomic E-state index is 0.220. The monoisotopic (exact) mass is 249 g/mol. The first-order valence-corrected chi connectivity index (χ1v) is 6.40. The zero-order chi connectivity index (χ0) is 12.6. The zero-order valence-electron chi connectivity index (χ0n) is 10.8. The van der Waals surface area contributed by atoms with E-state index in [1.54, 1.807) is 0 Å². The Bertz CT molecular complexity index is 423. The van der Waals surface area contributed by atoms with Crippen molar-refractivity contribution in [1.29, 1.82) is 0 Å². The van der Waals surface area contributed by atoms with Crippen molar-refractivity contribution >= 4 is 0 Å². The second-order valence-corrected chi connectivity index (χ2v) is 5.29. The third-order valence-electron chi connectivity index (χ3n) is 3.40. The first kappa shape index (κ1) is 12.0. The third kappa shape index (κ3) is 2.36. The van der Waals surface area contributed by atoms with Crippen molar-refractivity contribution in [3.63, 3.8) is 0 Å². The van der Waals surface area contributed by atoms with Gasteiger partial charge in [-0.2, -0.15) is 0 Å². The summed E-state index contributed by atoms with van der Waals surface area (Å²) in [4.78, 5) is 0. The topological polar surface area (TPSA) is 39.7 Å². The fraction of sp³-hybridized carbons (Fsp3) is 0.571. The molecule has 4 heteroatoms. The van der Waals surface area contributed by atoms with E-state index in [1.165, 1.54) is 5.56 Å². The first-order chi connectivity index (χ1) is 8.64. The molecule has 0 spiro atoms. The Hall–Kier alpha value is -1.10. The number of fused-ring (bicyclic) bond motifs is 1. The summed E-state index contributed by atoms with van der Waals surface area (Å²) in [6, 6.07) is 8.61. The van der Waals surface area contributed by atoms with Crippen molar-refractivity contribution in [3.8, 4) is 5.75 Å². The van der Waals surface area contributed by atoms with Gasteiger partial charge in [-0.25, -0.2) is 0 Å². The van der Waals surface area contributed by atoms with E-state index in [0.29, 0.717) is 19.8 Å². The zero-order valence-corrected chi connectivity index (χ0v) is 10.8. The molecule has 0 aliphatic carbocycles. The SMILES string of the molecule is CC1(C)OCC(NC2COc3ccccc32)CO1. The summed E-state index contributed by atoms with van der Waals surface area (Å²) < 4.78 is 17.0. The van der Waals surface area contributed by atoms with Crippen molar-refractivity contribution in [2.75, 3.05) is 19.8 Å². The van der Waals surface area contributed by atoms with E-state index in [9.17, 15) is 0 Å². The molecule has 4 nitrogen and oxygen atoms in total. The van der Waals surface area contributed by atoms with Gasteiger partial charge in [0, 0.05) is 5.56 Å². The Morgan fingerprint density at radius 1 is 1.11 bits per heavy atom. The molecule has 1 fully saturated rings. The molecule has 1 N–H and O–H groups in total. The Morgan fingerprint density at radius 2 is 1.83 bits per heavy atom. The highest BCUT2D eigenvalue weighted by Crippen LogP contribution is 2.32. The third-order valence-corrected chi connectivity index (χ3v) is 3.40. The minimum Gasteiger partial charge on any atom is -0.491 e. The van der Waals surface area contributed by atoms with E-state index in [1.807, 2.05) is 32.0 Å². The van der Waals surface area contributed by atoms with Crippen molar-refractivity contribution in [2.24, 2.45) is 0 Å². The average Bonchev–Trinajstić information content (AvgIpc) is 2.76. The molecule has 0 amide bonds. The van der Waals surface area contributed by atoms with Crippen LogP contribution in [0.5, 0.6) is 5.75 Å². The van der Waals surface area contributed by atoms with Crippen LogP contribution < -0.4 is 10.1 Å². The molecule has 98 valence electrons. The van der Waals surface area contributed by atoms with Crippen LogP contribution in [-0.2, 0) is 9.47 Å². The van der Waals surface area contributed by atoms with E-state index in [4.69, 9.17) is 14.2 Å². The summed E-state index contributed by atoms with van der Waals surface area (Å²) in [6.45, 7) is 5.91. The standard InChI is InChI=1S/C14H19NO3/c1-14(2)17-7-10(8-18-14)15-12-9-16-13-6-4-3-5-11(12)13/h3-6,10,12,15H,7-9H2,1-2H3. The average molecular weight is 249 g/mol. The Kier molecular flexibility index (Phi) is 3.01. The molecule has 0 saturated carbocycles. The van der Waals surface area contributed by atoms with Crippen LogP contribution >= 0.6 is 0 Å². The Balaban J connectivity index is 1.62. The molecule has 1 unspecified atom stereocenters. The van der Waals surface area contributed by atoms with Gasteiger partial charge in [0.1, 0.15) is 12.4 Å². The molecule has 18 heavy (non-hydrogen) atoms. The minimum atomic E-state index is -0.456. The number of hydrogen-bond donors (Lipinski definition) is 1. The van der Waals surface area contributed by atoms with Crippen LogP contribution in [0.1, 0.15) is 25.5 Å². The highest BCUT2D eigenvalue weighted by molar-refractivity contribution is 5.39. The summed E-state index contributed by atoms with van der Waals surface area (Å²) >= 11 is 0. The maximum atomic E-state index is 5.65. The van der Waals surface area contributed by atoms with Crippen molar-refractivity contribution < 1.29 is 14.2 Å². The maximum absolute atomic E-state index is 5.65. The lowest BCUT2D eigenvalue weighted by Crippen LogP contribution is -2.49. The van der Waals surface area contributed by atoms with Gasteiger partial charge in [-0.05, 0) is 19.9 Å². The summed E-state index contributed by atoms with van der Waals surface area (Å²) in [5.74, 6) is 0.524. The molecule has 3 rings (SSSR count). The lowest BCUT2D eigenvalue weighted by atomic mass is 10.1. The normalized spacial score (nSPS) is 26.7. The highest BCUT2D eigenvalue weighted by Gasteiger charge is 2.31. The molecule has 1 saturated heterocycles. The lowest BCUT2D eigenvalue weighted by molar-refractivity contribution is -0.253. The van der Waals surface area contributed by atoms with Gasteiger partial charge >= 0.3 is 0 Å². The van der Waals surface area contributed by atoms with E-state index in [2.05, 4.69) is 11.4 Å². The van der Waals surface area contributed by atoms with Crippen LogP contribution in [0, 0.1) is 0 Å². The van der Waals surface area contributed by atoms with Crippen LogP contribution in [0.15, 0.2) is 24.3 Å². The molecule has 0 aromatic heterocycles. The predicted molar refractivity (Wildman–Crippen MR) is 67.6 cm³/mol. The molecule has 1 aromatic rings. The molecule has 1 aromatic carbocycles. The van der Waals surface area contributed by atoms with Gasteiger partial charge in [0.25, 0.3) is 0 Å². The van der Waals surface area contributed by atoms with Crippen molar-refractivity contribution in [1.82, 2.24) is 5.32 Å². The molecule has 1 atom stereocenters. The molecule has 2 heterocycles.